The first kappa shape index (κ1) is 15.3. The molecule has 0 aromatic carbocycles. The van der Waals surface area contributed by atoms with Gasteiger partial charge >= 0.3 is 5.97 Å². The fourth-order valence-electron chi connectivity index (χ4n) is 2.82. The molecule has 0 saturated heterocycles. The van der Waals surface area contributed by atoms with E-state index < -0.39 is 0 Å². The van der Waals surface area contributed by atoms with E-state index in [9.17, 15) is 4.79 Å². The second-order valence-electron chi connectivity index (χ2n) is 5.66. The van der Waals surface area contributed by atoms with Crippen molar-refractivity contribution in [2.45, 2.75) is 58.8 Å². The highest BCUT2D eigenvalue weighted by Gasteiger charge is 2.28. The van der Waals surface area contributed by atoms with Gasteiger partial charge in [0.2, 0.25) is 0 Å². The monoisotopic (exact) mass is 252 g/mol. The van der Waals surface area contributed by atoms with Gasteiger partial charge in [0.1, 0.15) is 0 Å². The van der Waals surface area contributed by atoms with Gasteiger partial charge < -0.3 is 4.74 Å². The van der Waals surface area contributed by atoms with Gasteiger partial charge in [0.25, 0.3) is 0 Å². The summed E-state index contributed by atoms with van der Waals surface area (Å²) in [5, 5.41) is 0. The fraction of sp³-hybridized carbons (Fsp3) is 0.812. The third-order valence-corrected chi connectivity index (χ3v) is 4.19. The van der Waals surface area contributed by atoms with Crippen molar-refractivity contribution < 1.29 is 9.53 Å². The van der Waals surface area contributed by atoms with Crippen molar-refractivity contribution >= 4 is 5.97 Å². The van der Waals surface area contributed by atoms with Crippen LogP contribution in [0, 0.1) is 17.8 Å². The first-order valence-electron chi connectivity index (χ1n) is 7.40. The second kappa shape index (κ2) is 8.34. The molecule has 0 aromatic rings. The van der Waals surface area contributed by atoms with Crippen molar-refractivity contribution in [3.05, 3.63) is 12.2 Å². The Kier molecular flexibility index (Phi) is 7.07. The van der Waals surface area contributed by atoms with E-state index in [1.165, 1.54) is 39.2 Å². The van der Waals surface area contributed by atoms with E-state index >= 15 is 0 Å². The van der Waals surface area contributed by atoms with Crippen molar-refractivity contribution in [2.24, 2.45) is 17.8 Å². The van der Waals surface area contributed by atoms with Gasteiger partial charge in [-0.15, -0.1) is 0 Å². The van der Waals surface area contributed by atoms with Crippen LogP contribution in [0.4, 0.5) is 0 Å². The van der Waals surface area contributed by atoms with Gasteiger partial charge in [-0.1, -0.05) is 38.8 Å². The Bertz CT molecular complexity index is 270. The number of carbonyl (C=O) groups is 1. The molecule has 1 rings (SSSR count). The number of carbonyl (C=O) groups excluding carboxylic acids is 1. The maximum atomic E-state index is 11.4. The number of hydrogen-bond donors (Lipinski definition) is 0. The molecule has 2 nitrogen and oxygen atoms in total. The van der Waals surface area contributed by atoms with Crippen molar-refractivity contribution in [3.63, 3.8) is 0 Å². The predicted octanol–water partition coefficient (Wildman–Crippen LogP) is 4.35. The smallest absolute Gasteiger partial charge is 0.305 e. The Morgan fingerprint density at radius 1 is 1.39 bits per heavy atom. The first-order chi connectivity index (χ1) is 8.67. The number of esters is 1. The number of unbranched alkanes of at least 4 members (excludes halogenated alkanes) is 2. The van der Waals surface area contributed by atoms with Gasteiger partial charge in [-0.2, -0.15) is 0 Å². The lowest BCUT2D eigenvalue weighted by Gasteiger charge is -2.32. The topological polar surface area (TPSA) is 26.3 Å². The SMILES string of the molecule is CCCC/C=C/[C@@H]1CC[C@H](C)[C@H](CC(=O)OC)C1. The van der Waals surface area contributed by atoms with Crippen LogP contribution in [0.15, 0.2) is 12.2 Å². The van der Waals surface area contributed by atoms with Gasteiger partial charge in [0.15, 0.2) is 0 Å². The van der Waals surface area contributed by atoms with Gasteiger partial charge in [0, 0.05) is 6.42 Å². The van der Waals surface area contributed by atoms with E-state index in [-0.39, 0.29) is 5.97 Å². The molecule has 0 spiro atoms. The Morgan fingerprint density at radius 3 is 2.83 bits per heavy atom. The minimum absolute atomic E-state index is 0.0533. The number of ether oxygens (including phenoxy) is 1. The van der Waals surface area contributed by atoms with E-state index in [1.54, 1.807) is 0 Å². The van der Waals surface area contributed by atoms with E-state index in [2.05, 4.69) is 26.0 Å². The summed E-state index contributed by atoms with van der Waals surface area (Å²) in [6.45, 7) is 4.49. The molecule has 18 heavy (non-hydrogen) atoms. The highest BCUT2D eigenvalue weighted by molar-refractivity contribution is 5.69. The molecule has 0 aromatic heterocycles. The van der Waals surface area contributed by atoms with Crippen molar-refractivity contribution in [1.82, 2.24) is 0 Å². The minimum Gasteiger partial charge on any atom is -0.469 e. The van der Waals surface area contributed by atoms with Crippen molar-refractivity contribution in [1.29, 1.82) is 0 Å². The molecule has 1 aliphatic rings. The predicted molar refractivity (Wildman–Crippen MR) is 75.3 cm³/mol. The van der Waals surface area contributed by atoms with Gasteiger partial charge in [-0.05, 0) is 43.4 Å². The summed E-state index contributed by atoms with van der Waals surface area (Å²) in [5.41, 5.74) is 0. The first-order valence-corrected chi connectivity index (χ1v) is 7.40. The average molecular weight is 252 g/mol. The van der Waals surface area contributed by atoms with Crippen LogP contribution in [0.2, 0.25) is 0 Å². The molecule has 3 atom stereocenters. The lowest BCUT2D eigenvalue weighted by atomic mass is 9.73. The van der Waals surface area contributed by atoms with E-state index in [1.807, 2.05) is 0 Å². The summed E-state index contributed by atoms with van der Waals surface area (Å²) >= 11 is 0. The summed E-state index contributed by atoms with van der Waals surface area (Å²) in [5.74, 6) is 1.78. The normalized spacial score (nSPS) is 28.5. The molecule has 0 N–H and O–H groups in total. The van der Waals surface area contributed by atoms with E-state index in [0.29, 0.717) is 24.2 Å². The van der Waals surface area contributed by atoms with Gasteiger partial charge in [0.05, 0.1) is 7.11 Å². The molecule has 0 unspecified atom stereocenters. The molecule has 0 amide bonds. The Hall–Kier alpha value is -0.790. The molecule has 1 saturated carbocycles. The molecule has 1 aliphatic carbocycles. The Morgan fingerprint density at radius 2 is 2.17 bits per heavy atom. The molecule has 0 radical (unpaired) electrons. The molecular formula is C16H28O2. The van der Waals surface area contributed by atoms with Crippen LogP contribution in [0.25, 0.3) is 0 Å². The molecule has 1 fully saturated rings. The lowest BCUT2D eigenvalue weighted by molar-refractivity contribution is -0.142. The molecule has 104 valence electrons. The summed E-state index contributed by atoms with van der Waals surface area (Å²) in [7, 11) is 1.48. The standard InChI is InChI=1S/C16H28O2/c1-4-5-6-7-8-14-10-9-13(2)15(11-14)12-16(17)18-3/h7-8,13-15H,4-6,9-12H2,1-3H3/b8-7+/t13-,14+,15-/m0/s1. The summed E-state index contributed by atoms with van der Waals surface area (Å²) in [6, 6.07) is 0. The second-order valence-corrected chi connectivity index (χ2v) is 5.66. The zero-order chi connectivity index (χ0) is 13.4. The third kappa shape index (κ3) is 5.24. The molecule has 0 heterocycles. The lowest BCUT2D eigenvalue weighted by Crippen LogP contribution is -2.25. The van der Waals surface area contributed by atoms with Crippen LogP contribution in [0.5, 0.6) is 0 Å². The largest absolute Gasteiger partial charge is 0.469 e. The quantitative estimate of drug-likeness (QED) is 0.399. The zero-order valence-corrected chi connectivity index (χ0v) is 12.2. The average Bonchev–Trinajstić information content (AvgIpc) is 2.38. The summed E-state index contributed by atoms with van der Waals surface area (Å²) in [4.78, 5) is 11.4. The zero-order valence-electron chi connectivity index (χ0n) is 12.2. The number of hydrogen-bond acceptors (Lipinski definition) is 2. The Balaban J connectivity index is 2.39. The molecular weight excluding hydrogens is 224 g/mol. The van der Waals surface area contributed by atoms with E-state index in [0.717, 1.165) is 6.42 Å². The van der Waals surface area contributed by atoms with Crippen LogP contribution in [-0.2, 0) is 9.53 Å². The maximum Gasteiger partial charge on any atom is 0.305 e. The van der Waals surface area contributed by atoms with Crippen LogP contribution in [0.1, 0.15) is 58.8 Å². The maximum absolute atomic E-state index is 11.4. The van der Waals surface area contributed by atoms with Crippen LogP contribution < -0.4 is 0 Å². The highest BCUT2D eigenvalue weighted by Crippen LogP contribution is 2.36. The summed E-state index contributed by atoms with van der Waals surface area (Å²) < 4.78 is 4.79. The minimum atomic E-state index is -0.0533. The molecule has 2 heteroatoms. The fourth-order valence-corrected chi connectivity index (χ4v) is 2.82. The molecule has 0 bridgehead atoms. The van der Waals surface area contributed by atoms with Crippen molar-refractivity contribution in [3.8, 4) is 0 Å². The van der Waals surface area contributed by atoms with Gasteiger partial charge in [-0.3, -0.25) is 4.79 Å². The number of methoxy groups -OCH3 is 1. The van der Waals surface area contributed by atoms with E-state index in [4.69, 9.17) is 4.74 Å². The molecule has 0 aliphatic heterocycles. The van der Waals surface area contributed by atoms with Crippen LogP contribution >= 0.6 is 0 Å². The number of rotatable bonds is 6. The third-order valence-electron chi connectivity index (χ3n) is 4.19. The summed E-state index contributed by atoms with van der Waals surface area (Å²) in [6.07, 6.45) is 12.7. The van der Waals surface area contributed by atoms with Gasteiger partial charge in [-0.25, -0.2) is 0 Å². The highest BCUT2D eigenvalue weighted by atomic mass is 16.5. The Labute approximate surface area is 112 Å². The van der Waals surface area contributed by atoms with Crippen LogP contribution in [-0.4, -0.2) is 13.1 Å². The van der Waals surface area contributed by atoms with Crippen LogP contribution in [0.3, 0.4) is 0 Å². The number of allylic oxidation sites excluding steroid dienone is 2. The van der Waals surface area contributed by atoms with Crippen molar-refractivity contribution in [2.75, 3.05) is 7.11 Å².